The Kier molecular flexibility index (Phi) is 4.44. The molecule has 3 unspecified atom stereocenters. The van der Waals surface area contributed by atoms with E-state index in [9.17, 15) is 0 Å². The summed E-state index contributed by atoms with van der Waals surface area (Å²) in [4.78, 5) is 2.51. The van der Waals surface area contributed by atoms with Crippen LogP contribution < -0.4 is 5.73 Å². The average molecular weight is 194 g/mol. The van der Waals surface area contributed by atoms with Crippen LogP contribution in [0.1, 0.15) is 33.1 Å². The average Bonchev–Trinajstić information content (AvgIpc) is 2.19. The molecule has 0 saturated carbocycles. The number of likely N-dealkylation sites (tertiary alicyclic amines) is 1. The van der Waals surface area contributed by atoms with Gasteiger partial charge in [0.25, 0.3) is 0 Å². The summed E-state index contributed by atoms with van der Waals surface area (Å²) in [5, 5.41) is 0. The fourth-order valence-electron chi connectivity index (χ4n) is 2.20. The predicted octanol–water partition coefficient (Wildman–Crippen LogP) is 1.46. The highest BCUT2D eigenvalue weighted by Gasteiger charge is 2.26. The molecular weight excluding hydrogens is 172 g/mol. The third kappa shape index (κ3) is 2.73. The first-order valence-corrected chi connectivity index (χ1v) is 5.62. The number of piperidine rings is 1. The lowest BCUT2D eigenvalue weighted by atomic mass is 9.93. The highest BCUT2D eigenvalue weighted by atomic mass is 15.2. The van der Waals surface area contributed by atoms with E-state index in [-0.39, 0.29) is 0 Å². The number of hydrogen-bond donors (Lipinski definition) is 1. The first-order chi connectivity index (χ1) is 6.69. The number of nitrogens with zero attached hydrogens (tertiary/aromatic N) is 1. The molecule has 0 aliphatic carbocycles. The van der Waals surface area contributed by atoms with Gasteiger partial charge in [-0.3, -0.25) is 4.90 Å². The molecule has 80 valence electrons. The van der Waals surface area contributed by atoms with Gasteiger partial charge in [-0.1, -0.05) is 13.8 Å². The highest BCUT2D eigenvalue weighted by Crippen LogP contribution is 2.19. The molecule has 2 nitrogen and oxygen atoms in total. The van der Waals surface area contributed by atoms with Gasteiger partial charge in [0, 0.05) is 25.0 Å². The number of hydrogen-bond acceptors (Lipinski definition) is 2. The minimum absolute atomic E-state index is 0.384. The second-order valence-electron chi connectivity index (χ2n) is 4.40. The first kappa shape index (κ1) is 11.6. The van der Waals surface area contributed by atoms with Crippen molar-refractivity contribution in [3.05, 3.63) is 0 Å². The zero-order valence-corrected chi connectivity index (χ0v) is 9.37. The van der Waals surface area contributed by atoms with Crippen LogP contribution in [-0.2, 0) is 0 Å². The third-order valence-corrected chi connectivity index (χ3v) is 3.34. The smallest absolute Gasteiger partial charge is 0.0242 e. The van der Waals surface area contributed by atoms with Crippen LogP contribution in [0.25, 0.3) is 0 Å². The van der Waals surface area contributed by atoms with Crippen LogP contribution in [0, 0.1) is 18.3 Å². The largest absolute Gasteiger partial charge is 0.327 e. The van der Waals surface area contributed by atoms with E-state index in [2.05, 4.69) is 24.7 Å². The Morgan fingerprint density at radius 1 is 1.64 bits per heavy atom. The van der Waals surface area contributed by atoms with Gasteiger partial charge in [-0.2, -0.15) is 0 Å². The Morgan fingerprint density at radius 2 is 2.36 bits per heavy atom. The number of terminal acetylenes is 1. The van der Waals surface area contributed by atoms with E-state index in [0.29, 0.717) is 18.0 Å². The first-order valence-electron chi connectivity index (χ1n) is 5.62. The maximum absolute atomic E-state index is 5.99. The Morgan fingerprint density at radius 3 is 2.86 bits per heavy atom. The molecule has 1 fully saturated rings. The Labute approximate surface area is 87.8 Å². The molecule has 2 N–H and O–H groups in total. The summed E-state index contributed by atoms with van der Waals surface area (Å²) in [6.07, 6.45) is 8.50. The highest BCUT2D eigenvalue weighted by molar-refractivity contribution is 4.92. The Hall–Kier alpha value is -0.520. The molecule has 0 aromatic heterocycles. The van der Waals surface area contributed by atoms with Crippen molar-refractivity contribution in [1.82, 2.24) is 4.90 Å². The van der Waals surface area contributed by atoms with Gasteiger partial charge >= 0.3 is 0 Å². The summed E-state index contributed by atoms with van der Waals surface area (Å²) >= 11 is 0. The fraction of sp³-hybridized carbons (Fsp3) is 0.833. The Balaban J connectivity index is 2.48. The minimum Gasteiger partial charge on any atom is -0.327 e. The summed E-state index contributed by atoms with van der Waals surface area (Å²) in [5.74, 6) is 3.38. The second kappa shape index (κ2) is 5.38. The molecule has 0 aromatic carbocycles. The van der Waals surface area contributed by atoms with Crippen LogP contribution in [0.2, 0.25) is 0 Å². The van der Waals surface area contributed by atoms with E-state index in [0.717, 1.165) is 32.4 Å². The molecule has 3 atom stereocenters. The second-order valence-corrected chi connectivity index (χ2v) is 4.40. The van der Waals surface area contributed by atoms with Crippen molar-refractivity contribution in [2.24, 2.45) is 11.7 Å². The molecule has 1 saturated heterocycles. The molecule has 1 heterocycles. The molecule has 0 bridgehead atoms. The van der Waals surface area contributed by atoms with Crippen LogP contribution in [0.5, 0.6) is 0 Å². The summed E-state index contributed by atoms with van der Waals surface area (Å²) in [6.45, 7) is 6.67. The summed E-state index contributed by atoms with van der Waals surface area (Å²) in [7, 11) is 0. The van der Waals surface area contributed by atoms with Crippen LogP contribution >= 0.6 is 0 Å². The lowest BCUT2D eigenvalue weighted by Crippen LogP contribution is -2.49. The normalized spacial score (nSPS) is 31.0. The molecule has 1 aliphatic rings. The molecule has 0 amide bonds. The minimum atomic E-state index is 0.384. The zero-order chi connectivity index (χ0) is 10.6. The molecule has 14 heavy (non-hydrogen) atoms. The van der Waals surface area contributed by atoms with Crippen molar-refractivity contribution in [1.29, 1.82) is 0 Å². The van der Waals surface area contributed by atoms with Gasteiger partial charge in [0.2, 0.25) is 0 Å². The van der Waals surface area contributed by atoms with Gasteiger partial charge in [0.1, 0.15) is 0 Å². The summed E-state index contributed by atoms with van der Waals surface area (Å²) in [5.41, 5.74) is 5.99. The van der Waals surface area contributed by atoms with Crippen molar-refractivity contribution < 1.29 is 0 Å². The number of rotatable bonds is 3. The molecule has 1 rings (SSSR count). The fourth-order valence-corrected chi connectivity index (χ4v) is 2.20. The summed E-state index contributed by atoms with van der Waals surface area (Å²) < 4.78 is 0. The van der Waals surface area contributed by atoms with E-state index in [1.54, 1.807) is 0 Å². The van der Waals surface area contributed by atoms with Crippen molar-refractivity contribution in [3.8, 4) is 12.3 Å². The maximum atomic E-state index is 5.99. The SMILES string of the molecule is C#CCC(CC)N1CCC(N)C(C)C1. The van der Waals surface area contributed by atoms with Crippen LogP contribution in [0.4, 0.5) is 0 Å². The van der Waals surface area contributed by atoms with E-state index in [1.165, 1.54) is 0 Å². The Bertz CT molecular complexity index is 207. The van der Waals surface area contributed by atoms with Gasteiger partial charge in [0.15, 0.2) is 0 Å². The van der Waals surface area contributed by atoms with Gasteiger partial charge in [-0.25, -0.2) is 0 Å². The maximum Gasteiger partial charge on any atom is 0.0242 e. The van der Waals surface area contributed by atoms with Gasteiger partial charge in [0.05, 0.1) is 0 Å². The predicted molar refractivity (Wildman–Crippen MR) is 60.9 cm³/mol. The van der Waals surface area contributed by atoms with Crippen LogP contribution in [0.3, 0.4) is 0 Å². The molecule has 2 heteroatoms. The summed E-state index contributed by atoms with van der Waals surface area (Å²) in [6, 6.07) is 0.949. The van der Waals surface area contributed by atoms with E-state index in [1.807, 2.05) is 0 Å². The van der Waals surface area contributed by atoms with Crippen molar-refractivity contribution in [2.45, 2.75) is 45.2 Å². The molecular formula is C12H22N2. The third-order valence-electron chi connectivity index (χ3n) is 3.34. The van der Waals surface area contributed by atoms with Crippen LogP contribution in [0.15, 0.2) is 0 Å². The monoisotopic (exact) mass is 194 g/mol. The van der Waals surface area contributed by atoms with Crippen molar-refractivity contribution >= 4 is 0 Å². The lowest BCUT2D eigenvalue weighted by Gasteiger charge is -2.39. The standard InChI is InChI=1S/C12H22N2/c1-4-6-11(5-2)14-8-7-12(13)10(3)9-14/h1,10-12H,5-9,13H2,2-3H3. The number of nitrogens with two attached hydrogens (primary N) is 1. The lowest BCUT2D eigenvalue weighted by molar-refractivity contribution is 0.115. The molecule has 0 spiro atoms. The van der Waals surface area contributed by atoms with Gasteiger partial charge in [-0.15, -0.1) is 12.3 Å². The van der Waals surface area contributed by atoms with E-state index >= 15 is 0 Å². The molecule has 0 aromatic rings. The van der Waals surface area contributed by atoms with Crippen molar-refractivity contribution in [3.63, 3.8) is 0 Å². The quantitative estimate of drug-likeness (QED) is 0.689. The zero-order valence-electron chi connectivity index (χ0n) is 9.37. The topological polar surface area (TPSA) is 29.3 Å². The van der Waals surface area contributed by atoms with Crippen molar-refractivity contribution in [2.75, 3.05) is 13.1 Å². The van der Waals surface area contributed by atoms with E-state index in [4.69, 9.17) is 12.2 Å². The van der Waals surface area contributed by atoms with Crippen LogP contribution in [-0.4, -0.2) is 30.1 Å². The van der Waals surface area contributed by atoms with Gasteiger partial charge in [-0.05, 0) is 25.3 Å². The van der Waals surface area contributed by atoms with E-state index < -0.39 is 0 Å². The van der Waals surface area contributed by atoms with Gasteiger partial charge < -0.3 is 5.73 Å². The molecule has 0 radical (unpaired) electrons. The molecule has 1 aliphatic heterocycles.